The van der Waals surface area contributed by atoms with Crippen LogP contribution in [0.2, 0.25) is 0 Å². The third-order valence-electron chi connectivity index (χ3n) is 3.70. The maximum atomic E-state index is 5.88. The summed E-state index contributed by atoms with van der Waals surface area (Å²) in [7, 11) is 1.68. The Hall–Kier alpha value is -0.393. The molecule has 0 aromatic heterocycles. The number of benzene rings is 1. The first-order valence-corrected chi connectivity index (χ1v) is 7.07. The van der Waals surface area contributed by atoms with Crippen LogP contribution >= 0.6 is 0 Å². The second-order valence-electron chi connectivity index (χ2n) is 5.54. The molecule has 0 radical (unpaired) electrons. The topological polar surface area (TPSA) is 18.5 Å². The second-order valence-corrected chi connectivity index (χ2v) is 5.54. The van der Waals surface area contributed by atoms with E-state index in [0.717, 1.165) is 6.42 Å². The van der Waals surface area contributed by atoms with Gasteiger partial charge in [0.1, 0.15) is 0 Å². The second kappa shape index (κ2) is 9.53. The van der Waals surface area contributed by atoms with Gasteiger partial charge in [-0.2, -0.15) is 24.1 Å². The fraction of sp³-hybridized carbons (Fsp3) is 0.588. The molecule has 0 bridgehead atoms. The van der Waals surface area contributed by atoms with Crippen molar-refractivity contribution in [3.8, 4) is 0 Å². The van der Waals surface area contributed by atoms with E-state index in [-0.39, 0.29) is 18.9 Å². The average molecular weight is 270 g/mol. The predicted octanol–water partition coefficient (Wildman–Crippen LogP) is 1.30. The van der Waals surface area contributed by atoms with Gasteiger partial charge in [-0.1, -0.05) is 26.3 Å². The van der Waals surface area contributed by atoms with E-state index < -0.39 is 5.79 Å². The Balaban J connectivity index is 0.00000361. The van der Waals surface area contributed by atoms with E-state index in [4.69, 9.17) is 9.47 Å². The van der Waals surface area contributed by atoms with E-state index in [1.807, 2.05) is 19.9 Å². The first-order valence-electron chi connectivity index (χ1n) is 7.07. The molecule has 20 heavy (non-hydrogen) atoms. The van der Waals surface area contributed by atoms with Crippen LogP contribution in [-0.4, -0.2) is 19.5 Å². The molecule has 0 aliphatic heterocycles. The van der Waals surface area contributed by atoms with E-state index in [9.17, 15) is 0 Å². The maximum absolute atomic E-state index is 5.88. The summed E-state index contributed by atoms with van der Waals surface area (Å²) in [5, 5.41) is 0. The Morgan fingerprint density at radius 2 is 1.80 bits per heavy atom. The first kappa shape index (κ1) is 19.6. The van der Waals surface area contributed by atoms with E-state index >= 15 is 0 Å². The predicted molar refractivity (Wildman–Crippen MR) is 79.8 cm³/mol. The van der Waals surface area contributed by atoms with Crippen molar-refractivity contribution in [2.24, 2.45) is 11.8 Å². The molecule has 0 fully saturated rings. The smallest absolute Gasteiger partial charge is 0.354 e. The molecule has 1 rings (SSSR count). The molecule has 1 aromatic rings. The Kier molecular flexibility index (Phi) is 9.34. The summed E-state index contributed by atoms with van der Waals surface area (Å²) >= 11 is 0. The molecule has 2 atom stereocenters. The van der Waals surface area contributed by atoms with Crippen molar-refractivity contribution in [2.75, 3.05) is 13.7 Å². The standard InChI is InChI=1S/C17H27O2.Li/c1-6-14(2)16(13-19-17(3,4)18-5)12-15-10-8-7-9-11-15;/h7-12,14,16H,6,13H2,1-5H3;/q-1;+1/t14?,16-;/m0./s1. The maximum Gasteiger partial charge on any atom is 1.00 e. The molecule has 0 aliphatic rings. The third-order valence-corrected chi connectivity index (χ3v) is 3.70. The van der Waals surface area contributed by atoms with Gasteiger partial charge in [0.25, 0.3) is 0 Å². The van der Waals surface area contributed by atoms with Crippen molar-refractivity contribution in [2.45, 2.75) is 39.9 Å². The zero-order chi connectivity index (χ0) is 14.3. The Morgan fingerprint density at radius 3 is 2.30 bits per heavy atom. The summed E-state index contributed by atoms with van der Waals surface area (Å²) in [5.41, 5.74) is 1.26. The van der Waals surface area contributed by atoms with E-state index in [0.29, 0.717) is 18.4 Å². The first-order chi connectivity index (χ1) is 8.98. The normalized spacial score (nSPS) is 14.2. The summed E-state index contributed by atoms with van der Waals surface area (Å²) in [5.74, 6) is 0.477. The van der Waals surface area contributed by atoms with Gasteiger partial charge >= 0.3 is 18.9 Å². The summed E-state index contributed by atoms with van der Waals surface area (Å²) in [6.45, 7) is 9.07. The van der Waals surface area contributed by atoms with Crippen LogP contribution in [0.4, 0.5) is 0 Å². The molecule has 0 heterocycles. The van der Waals surface area contributed by atoms with Crippen LogP contribution < -0.4 is 18.9 Å². The Morgan fingerprint density at radius 1 is 1.20 bits per heavy atom. The molecule has 0 spiro atoms. The number of rotatable bonds is 8. The van der Waals surface area contributed by atoms with Crippen LogP contribution in [0, 0.1) is 18.3 Å². The van der Waals surface area contributed by atoms with Gasteiger partial charge in [0.05, 0.1) is 0 Å². The van der Waals surface area contributed by atoms with Crippen LogP contribution in [0.1, 0.15) is 39.7 Å². The van der Waals surface area contributed by atoms with Crippen LogP contribution in [0.5, 0.6) is 0 Å². The third kappa shape index (κ3) is 6.86. The molecule has 0 saturated heterocycles. The van der Waals surface area contributed by atoms with E-state index in [1.54, 1.807) is 7.11 Å². The molecule has 0 amide bonds. The van der Waals surface area contributed by atoms with Crippen molar-refractivity contribution < 1.29 is 28.3 Å². The average Bonchev–Trinajstić information content (AvgIpc) is 2.43. The van der Waals surface area contributed by atoms with Crippen LogP contribution in [0.25, 0.3) is 0 Å². The zero-order valence-electron chi connectivity index (χ0n) is 13.8. The van der Waals surface area contributed by atoms with Gasteiger partial charge in [0, 0.05) is 13.7 Å². The minimum absolute atomic E-state index is 0. The van der Waals surface area contributed by atoms with E-state index in [1.165, 1.54) is 5.56 Å². The Labute approximate surface area is 136 Å². The number of hydrogen-bond acceptors (Lipinski definition) is 2. The van der Waals surface area contributed by atoms with Crippen LogP contribution in [-0.2, 0) is 9.47 Å². The molecule has 2 nitrogen and oxygen atoms in total. The van der Waals surface area contributed by atoms with Gasteiger partial charge in [-0.25, -0.2) is 0 Å². The summed E-state index contributed by atoms with van der Waals surface area (Å²) in [6.07, 6.45) is 3.45. The largest absolute Gasteiger partial charge is 1.00 e. The minimum Gasteiger partial charge on any atom is -0.354 e. The zero-order valence-corrected chi connectivity index (χ0v) is 13.8. The number of methoxy groups -OCH3 is 1. The van der Waals surface area contributed by atoms with Gasteiger partial charge in [-0.05, 0) is 25.7 Å². The van der Waals surface area contributed by atoms with Crippen molar-refractivity contribution in [1.82, 2.24) is 0 Å². The number of ether oxygens (including phenoxy) is 2. The minimum atomic E-state index is -0.518. The van der Waals surface area contributed by atoms with Gasteiger partial charge in [-0.3, -0.25) is 0 Å². The molecular weight excluding hydrogens is 243 g/mol. The van der Waals surface area contributed by atoms with Crippen molar-refractivity contribution in [3.05, 3.63) is 42.3 Å². The van der Waals surface area contributed by atoms with E-state index in [2.05, 4.69) is 44.5 Å². The van der Waals surface area contributed by atoms with Gasteiger partial charge in [-0.15, -0.1) is 12.1 Å². The molecular formula is C17H27LiO2. The SMILES string of the molecule is CCC(C)[C@@H]([CH-]c1ccccc1)COC(C)(C)OC.[Li+]. The molecule has 108 valence electrons. The quantitative estimate of drug-likeness (QED) is 0.403. The molecule has 1 unspecified atom stereocenters. The van der Waals surface area contributed by atoms with Gasteiger partial charge < -0.3 is 9.47 Å². The summed E-state index contributed by atoms with van der Waals surface area (Å²) in [6, 6.07) is 10.5. The van der Waals surface area contributed by atoms with Crippen LogP contribution in [0.15, 0.2) is 30.3 Å². The summed E-state index contributed by atoms with van der Waals surface area (Å²) < 4.78 is 11.2. The molecule has 0 saturated carbocycles. The van der Waals surface area contributed by atoms with Crippen molar-refractivity contribution in [1.29, 1.82) is 0 Å². The molecule has 1 aromatic carbocycles. The molecule has 0 N–H and O–H groups in total. The monoisotopic (exact) mass is 270 g/mol. The molecule has 0 aliphatic carbocycles. The van der Waals surface area contributed by atoms with Crippen molar-refractivity contribution >= 4 is 0 Å². The summed E-state index contributed by atoms with van der Waals surface area (Å²) in [4.78, 5) is 0. The van der Waals surface area contributed by atoms with Gasteiger partial charge in [0.15, 0.2) is 5.79 Å². The fourth-order valence-corrected chi connectivity index (χ4v) is 1.85. The van der Waals surface area contributed by atoms with Crippen LogP contribution in [0.3, 0.4) is 0 Å². The Bertz CT molecular complexity index is 351. The number of hydrogen-bond donors (Lipinski definition) is 0. The fourth-order valence-electron chi connectivity index (χ4n) is 1.85. The van der Waals surface area contributed by atoms with Gasteiger partial charge in [0.2, 0.25) is 0 Å². The van der Waals surface area contributed by atoms with Crippen molar-refractivity contribution in [3.63, 3.8) is 0 Å². The molecule has 3 heteroatoms.